The van der Waals surface area contributed by atoms with E-state index in [4.69, 9.17) is 24.7 Å². The maximum Gasteiger partial charge on any atom is 0.323 e. The Morgan fingerprint density at radius 1 is 0.821 bits per heavy atom. The van der Waals surface area contributed by atoms with E-state index in [1.807, 2.05) is 0 Å². The molecule has 0 amide bonds. The van der Waals surface area contributed by atoms with Gasteiger partial charge in [-0.15, -0.1) is 0 Å². The minimum absolute atomic E-state index is 0.0576. The van der Waals surface area contributed by atoms with Gasteiger partial charge in [-0.3, -0.25) is 19.2 Å². The predicted octanol–water partition coefficient (Wildman–Crippen LogP) is 4.90. The first kappa shape index (κ1) is 32.3. The summed E-state index contributed by atoms with van der Waals surface area (Å²) in [6.45, 7) is 13.6. The molecule has 3 atom stereocenters. The summed E-state index contributed by atoms with van der Waals surface area (Å²) in [4.78, 5) is 50.2. The molecule has 0 spiro atoms. The van der Waals surface area contributed by atoms with Gasteiger partial charge in [0, 0.05) is 0 Å². The summed E-state index contributed by atoms with van der Waals surface area (Å²) in [6.07, 6.45) is 3.60. The molecule has 0 saturated heterocycles. The van der Waals surface area contributed by atoms with Crippen LogP contribution in [0.2, 0.25) is 0 Å². The zero-order chi connectivity index (χ0) is 29.5. The van der Waals surface area contributed by atoms with Crippen LogP contribution in [0.1, 0.15) is 93.1 Å². The van der Waals surface area contributed by atoms with Gasteiger partial charge in [0.25, 0.3) is 0 Å². The molecule has 9 nitrogen and oxygen atoms in total. The van der Waals surface area contributed by atoms with Crippen molar-refractivity contribution in [1.29, 1.82) is 0 Å². The lowest BCUT2D eigenvalue weighted by Gasteiger charge is -2.26. The van der Waals surface area contributed by atoms with Crippen LogP contribution in [0, 0.1) is 16.7 Å². The standard InChI is InChI=1S/C30H45NO8/c1-18(36-25(32)21-12-10-9-11-13-21)19(2)37-26(33)22(31)16-20-14-15-23(38-27(34)29(3,4)5)24(17-20)39-28(35)30(6,7)8/h14-15,17-19,21-22H,9-13,16,31H2,1-8H3/t18?,19-,22-/m0/s1. The van der Waals surface area contributed by atoms with Crippen LogP contribution in [0.5, 0.6) is 11.5 Å². The van der Waals surface area contributed by atoms with E-state index >= 15 is 0 Å². The molecule has 0 radical (unpaired) electrons. The molecule has 1 unspecified atom stereocenters. The fourth-order valence-electron chi connectivity index (χ4n) is 3.77. The Hall–Kier alpha value is -2.94. The topological polar surface area (TPSA) is 131 Å². The number of ether oxygens (including phenoxy) is 4. The highest BCUT2D eigenvalue weighted by Gasteiger charge is 2.30. The third-order valence-electron chi connectivity index (χ3n) is 6.60. The lowest BCUT2D eigenvalue weighted by Crippen LogP contribution is -2.40. The summed E-state index contributed by atoms with van der Waals surface area (Å²) < 4.78 is 22.1. The number of carbonyl (C=O) groups is 4. The monoisotopic (exact) mass is 547 g/mol. The Morgan fingerprint density at radius 2 is 1.33 bits per heavy atom. The van der Waals surface area contributed by atoms with Crippen LogP contribution in [0.15, 0.2) is 18.2 Å². The average Bonchev–Trinajstić information content (AvgIpc) is 2.84. The van der Waals surface area contributed by atoms with Crippen molar-refractivity contribution in [3.8, 4) is 11.5 Å². The molecule has 39 heavy (non-hydrogen) atoms. The van der Waals surface area contributed by atoms with E-state index in [-0.39, 0.29) is 29.8 Å². The Labute approximate surface area is 232 Å². The first-order chi connectivity index (χ1) is 18.0. The predicted molar refractivity (Wildman–Crippen MR) is 146 cm³/mol. The van der Waals surface area contributed by atoms with Gasteiger partial charge < -0.3 is 24.7 Å². The minimum Gasteiger partial charge on any atom is -0.459 e. The van der Waals surface area contributed by atoms with Crippen molar-refractivity contribution in [3.63, 3.8) is 0 Å². The van der Waals surface area contributed by atoms with Crippen molar-refractivity contribution >= 4 is 23.9 Å². The second-order valence-electron chi connectivity index (χ2n) is 12.5. The molecule has 1 aromatic carbocycles. The molecule has 1 aromatic rings. The van der Waals surface area contributed by atoms with Gasteiger partial charge in [-0.05, 0) is 92.3 Å². The molecule has 1 fully saturated rings. The summed E-state index contributed by atoms with van der Waals surface area (Å²) in [5, 5.41) is 0. The number of benzene rings is 1. The van der Waals surface area contributed by atoms with Crippen molar-refractivity contribution in [3.05, 3.63) is 23.8 Å². The van der Waals surface area contributed by atoms with Crippen molar-refractivity contribution in [1.82, 2.24) is 0 Å². The number of carbonyl (C=O) groups excluding carboxylic acids is 4. The molecule has 0 bridgehead atoms. The van der Waals surface area contributed by atoms with E-state index in [1.54, 1.807) is 61.5 Å². The van der Waals surface area contributed by atoms with Crippen LogP contribution in [-0.2, 0) is 35.1 Å². The summed E-state index contributed by atoms with van der Waals surface area (Å²) in [5.74, 6) is -1.85. The highest BCUT2D eigenvalue weighted by atomic mass is 16.6. The Kier molecular flexibility index (Phi) is 11.1. The first-order valence-corrected chi connectivity index (χ1v) is 13.7. The average molecular weight is 548 g/mol. The van der Waals surface area contributed by atoms with Gasteiger partial charge in [-0.2, -0.15) is 0 Å². The van der Waals surface area contributed by atoms with E-state index in [2.05, 4.69) is 0 Å². The number of hydrogen-bond donors (Lipinski definition) is 1. The number of rotatable bonds is 9. The van der Waals surface area contributed by atoms with Crippen LogP contribution in [0.3, 0.4) is 0 Å². The molecule has 218 valence electrons. The van der Waals surface area contributed by atoms with Crippen LogP contribution < -0.4 is 15.2 Å². The number of esters is 4. The van der Waals surface area contributed by atoms with Crippen LogP contribution >= 0.6 is 0 Å². The second kappa shape index (κ2) is 13.4. The number of hydrogen-bond acceptors (Lipinski definition) is 9. The Balaban J connectivity index is 2.07. The van der Waals surface area contributed by atoms with Crippen molar-refractivity contribution < 1.29 is 38.1 Å². The van der Waals surface area contributed by atoms with Crippen molar-refractivity contribution in [2.75, 3.05) is 0 Å². The fourth-order valence-corrected chi connectivity index (χ4v) is 3.77. The van der Waals surface area contributed by atoms with E-state index < -0.39 is 47.0 Å². The van der Waals surface area contributed by atoms with E-state index in [0.29, 0.717) is 5.56 Å². The van der Waals surface area contributed by atoms with E-state index in [1.165, 1.54) is 12.1 Å². The third kappa shape index (κ3) is 9.95. The SMILES string of the molecule is CC(OC(=O)C1CCCCC1)[C@H](C)OC(=O)[C@@H](N)Cc1ccc(OC(=O)C(C)(C)C)c(OC(=O)C(C)(C)C)c1. The summed E-state index contributed by atoms with van der Waals surface area (Å²) in [7, 11) is 0. The van der Waals surface area contributed by atoms with Gasteiger partial charge in [0.2, 0.25) is 0 Å². The maximum absolute atomic E-state index is 12.7. The van der Waals surface area contributed by atoms with E-state index in [9.17, 15) is 19.2 Å². The quantitative estimate of drug-likeness (QED) is 0.338. The molecule has 2 rings (SSSR count). The molecule has 0 heterocycles. The zero-order valence-electron chi connectivity index (χ0n) is 24.6. The molecular weight excluding hydrogens is 502 g/mol. The van der Waals surface area contributed by atoms with Gasteiger partial charge in [-0.25, -0.2) is 0 Å². The molecule has 2 N–H and O–H groups in total. The fraction of sp³-hybridized carbons (Fsp3) is 0.667. The maximum atomic E-state index is 12.7. The van der Waals surface area contributed by atoms with Gasteiger partial charge >= 0.3 is 23.9 Å². The largest absolute Gasteiger partial charge is 0.459 e. The minimum atomic E-state index is -1.03. The normalized spacial score (nSPS) is 16.9. The third-order valence-corrected chi connectivity index (χ3v) is 6.60. The van der Waals surface area contributed by atoms with Crippen LogP contribution in [0.4, 0.5) is 0 Å². The van der Waals surface area contributed by atoms with Gasteiger partial charge in [0.15, 0.2) is 11.5 Å². The Bertz CT molecular complexity index is 1030. The van der Waals surface area contributed by atoms with Crippen molar-refractivity contribution in [2.24, 2.45) is 22.5 Å². The highest BCUT2D eigenvalue weighted by Crippen LogP contribution is 2.33. The molecule has 1 saturated carbocycles. The number of nitrogens with two attached hydrogens (primary N) is 1. The van der Waals surface area contributed by atoms with Gasteiger partial charge in [0.05, 0.1) is 16.7 Å². The summed E-state index contributed by atoms with van der Waals surface area (Å²) >= 11 is 0. The van der Waals surface area contributed by atoms with Crippen molar-refractivity contribution in [2.45, 2.75) is 112 Å². The smallest absolute Gasteiger partial charge is 0.323 e. The molecule has 9 heteroatoms. The van der Waals surface area contributed by atoms with Crippen LogP contribution in [-0.4, -0.2) is 42.1 Å². The molecule has 1 aliphatic carbocycles. The van der Waals surface area contributed by atoms with Crippen LogP contribution in [0.25, 0.3) is 0 Å². The zero-order valence-corrected chi connectivity index (χ0v) is 24.6. The first-order valence-electron chi connectivity index (χ1n) is 13.7. The highest BCUT2D eigenvalue weighted by molar-refractivity contribution is 5.81. The lowest BCUT2D eigenvalue weighted by molar-refractivity contribution is -0.169. The Morgan fingerprint density at radius 3 is 1.87 bits per heavy atom. The second-order valence-corrected chi connectivity index (χ2v) is 12.5. The van der Waals surface area contributed by atoms with Gasteiger partial charge in [-0.1, -0.05) is 25.3 Å². The molecule has 0 aliphatic heterocycles. The summed E-state index contributed by atoms with van der Waals surface area (Å²) in [6, 6.07) is 3.66. The molecular formula is C30H45NO8. The lowest BCUT2D eigenvalue weighted by atomic mass is 9.89. The summed E-state index contributed by atoms with van der Waals surface area (Å²) in [5.41, 5.74) is 5.15. The van der Waals surface area contributed by atoms with Gasteiger partial charge in [0.1, 0.15) is 18.2 Å². The molecule has 1 aliphatic rings. The molecule has 0 aromatic heterocycles. The van der Waals surface area contributed by atoms with E-state index in [0.717, 1.165) is 32.1 Å².